The summed E-state index contributed by atoms with van der Waals surface area (Å²) >= 11 is 0. The first-order valence-corrected chi connectivity index (χ1v) is 12.3. The molecule has 36 heavy (non-hydrogen) atoms. The van der Waals surface area contributed by atoms with E-state index in [-0.39, 0.29) is 0 Å². The van der Waals surface area contributed by atoms with Crippen LogP contribution in [0.1, 0.15) is 64.9 Å². The Morgan fingerprint density at radius 1 is 0.917 bits per heavy atom. The van der Waals surface area contributed by atoms with Gasteiger partial charge in [-0.2, -0.15) is 0 Å². The van der Waals surface area contributed by atoms with Crippen molar-refractivity contribution in [3.8, 4) is 0 Å². The first-order chi connectivity index (χ1) is 17.0. The van der Waals surface area contributed by atoms with Crippen LogP contribution in [-0.4, -0.2) is 82.5 Å². The topological polar surface area (TPSA) is 151 Å². The summed E-state index contributed by atoms with van der Waals surface area (Å²) in [6.45, 7) is 9.86. The smallest absolute Gasteiger partial charge is 0.336 e. The molecule has 0 aliphatic heterocycles. The van der Waals surface area contributed by atoms with Gasteiger partial charge in [0, 0.05) is 13.2 Å². The van der Waals surface area contributed by atoms with Crippen molar-refractivity contribution in [3.63, 3.8) is 0 Å². The van der Waals surface area contributed by atoms with E-state index >= 15 is 0 Å². The highest BCUT2D eigenvalue weighted by Crippen LogP contribution is 2.35. The molecule has 0 aliphatic carbocycles. The zero-order valence-electron chi connectivity index (χ0n) is 21.4. The molecule has 10 heteroatoms. The van der Waals surface area contributed by atoms with Gasteiger partial charge in [0.05, 0.1) is 24.9 Å². The number of carboxylic acid groups (broad SMARTS) is 2. The largest absolute Gasteiger partial charge is 0.481 e. The quantitative estimate of drug-likeness (QED) is 0.153. The second-order valence-corrected chi connectivity index (χ2v) is 8.74. The number of aliphatic carboxylic acids is 2. The van der Waals surface area contributed by atoms with Crippen LogP contribution in [0.15, 0.2) is 30.3 Å². The molecule has 0 fully saturated rings. The van der Waals surface area contributed by atoms with E-state index in [4.69, 9.17) is 14.6 Å². The van der Waals surface area contributed by atoms with E-state index in [0.717, 1.165) is 19.6 Å². The number of aliphatic hydroxyl groups is 1. The zero-order valence-corrected chi connectivity index (χ0v) is 21.4. The molecule has 1 rings (SSSR count). The Kier molecular flexibility index (Phi) is 13.3. The number of esters is 2. The van der Waals surface area contributed by atoms with Gasteiger partial charge in [-0.15, -0.1) is 0 Å². The van der Waals surface area contributed by atoms with Crippen molar-refractivity contribution < 1.29 is 44.0 Å². The Morgan fingerprint density at radius 3 is 2.08 bits per heavy atom. The number of carboxylic acids is 2. The fraction of sp³-hybridized carbons (Fsp3) is 0.615. The van der Waals surface area contributed by atoms with Crippen molar-refractivity contribution in [1.29, 1.82) is 0 Å². The summed E-state index contributed by atoms with van der Waals surface area (Å²) in [5, 5.41) is 28.2. The number of carbonyl (C=O) groups is 4. The lowest BCUT2D eigenvalue weighted by molar-refractivity contribution is -0.176. The average Bonchev–Trinajstić information content (AvgIpc) is 2.83. The number of likely N-dealkylation sites (N-methyl/N-ethyl adjacent to an activating group) is 1. The van der Waals surface area contributed by atoms with E-state index in [9.17, 15) is 29.4 Å². The van der Waals surface area contributed by atoms with Gasteiger partial charge in [-0.25, -0.2) is 4.79 Å². The Hall–Kier alpha value is -2.82. The number of benzene rings is 1. The summed E-state index contributed by atoms with van der Waals surface area (Å²) in [7, 11) is 0. The molecule has 2 unspecified atom stereocenters. The first-order valence-electron chi connectivity index (χ1n) is 12.3. The summed E-state index contributed by atoms with van der Waals surface area (Å²) in [5.74, 6) is -5.67. The number of unbranched alkanes of at least 4 members (excludes halogenated alkanes) is 1. The number of rotatable bonds is 18. The summed E-state index contributed by atoms with van der Waals surface area (Å²) in [6, 6.07) is 8.84. The zero-order chi connectivity index (χ0) is 27.2. The van der Waals surface area contributed by atoms with Gasteiger partial charge < -0.3 is 29.7 Å². The molecule has 0 aliphatic rings. The summed E-state index contributed by atoms with van der Waals surface area (Å²) < 4.78 is 10.7. The fourth-order valence-electron chi connectivity index (χ4n) is 4.05. The van der Waals surface area contributed by atoms with Crippen molar-refractivity contribution in [2.45, 2.75) is 70.3 Å². The number of ether oxygens (including phenoxy) is 2. The normalized spacial score (nSPS) is 14.6. The summed E-state index contributed by atoms with van der Waals surface area (Å²) in [6.07, 6.45) is -0.421. The SMILES string of the molecule is CCN(CC)CCOCCCCC(CC)(C(=O)OC(=O)CC(O)(CC(=O)O)C(=O)O)c1ccccc1. The van der Waals surface area contributed by atoms with Gasteiger partial charge in [-0.3, -0.25) is 14.4 Å². The Balaban J connectivity index is 2.88. The Labute approximate surface area is 212 Å². The van der Waals surface area contributed by atoms with Crippen molar-refractivity contribution in [2.75, 3.05) is 32.8 Å². The summed E-state index contributed by atoms with van der Waals surface area (Å²) in [5.41, 5.74) is -3.41. The molecule has 1 aromatic rings. The highest BCUT2D eigenvalue weighted by molar-refractivity contribution is 5.95. The van der Waals surface area contributed by atoms with Crippen LogP contribution in [0, 0.1) is 0 Å². The van der Waals surface area contributed by atoms with Gasteiger partial charge in [0.25, 0.3) is 0 Å². The van der Waals surface area contributed by atoms with Crippen molar-refractivity contribution in [3.05, 3.63) is 35.9 Å². The minimum atomic E-state index is -2.88. The first kappa shape index (κ1) is 31.2. The maximum Gasteiger partial charge on any atom is 0.336 e. The molecule has 0 saturated carbocycles. The van der Waals surface area contributed by atoms with Gasteiger partial charge in [0.1, 0.15) is 0 Å². The van der Waals surface area contributed by atoms with Crippen molar-refractivity contribution >= 4 is 23.9 Å². The lowest BCUT2D eigenvalue weighted by Crippen LogP contribution is -2.45. The highest BCUT2D eigenvalue weighted by atomic mass is 16.6. The minimum absolute atomic E-state index is 0.310. The third-order valence-corrected chi connectivity index (χ3v) is 6.39. The lowest BCUT2D eigenvalue weighted by atomic mass is 9.74. The van der Waals surface area contributed by atoms with Gasteiger partial charge in [-0.1, -0.05) is 51.1 Å². The van der Waals surface area contributed by atoms with E-state index in [2.05, 4.69) is 18.7 Å². The molecule has 0 bridgehead atoms. The molecule has 1 aromatic carbocycles. The fourth-order valence-corrected chi connectivity index (χ4v) is 4.05. The van der Waals surface area contributed by atoms with Crippen LogP contribution in [0.3, 0.4) is 0 Å². The molecule has 0 heterocycles. The van der Waals surface area contributed by atoms with Gasteiger partial charge >= 0.3 is 23.9 Å². The molecule has 0 amide bonds. The summed E-state index contributed by atoms with van der Waals surface area (Å²) in [4.78, 5) is 50.2. The van der Waals surface area contributed by atoms with Crippen LogP contribution in [0.4, 0.5) is 0 Å². The Morgan fingerprint density at radius 2 is 1.56 bits per heavy atom. The van der Waals surface area contributed by atoms with Crippen molar-refractivity contribution in [1.82, 2.24) is 4.90 Å². The third-order valence-electron chi connectivity index (χ3n) is 6.39. The van der Waals surface area contributed by atoms with E-state index in [1.165, 1.54) is 0 Å². The number of hydrogen-bond donors (Lipinski definition) is 3. The van der Waals surface area contributed by atoms with E-state index in [0.29, 0.717) is 44.5 Å². The second-order valence-electron chi connectivity index (χ2n) is 8.74. The maximum absolute atomic E-state index is 13.3. The van der Waals surface area contributed by atoms with Crippen molar-refractivity contribution in [2.24, 2.45) is 0 Å². The van der Waals surface area contributed by atoms with Crippen LogP contribution in [-0.2, 0) is 34.1 Å². The molecular weight excluding hydrogens is 470 g/mol. The lowest BCUT2D eigenvalue weighted by Gasteiger charge is -2.31. The third kappa shape index (κ3) is 9.33. The molecule has 0 radical (unpaired) electrons. The molecule has 2 atom stereocenters. The average molecular weight is 510 g/mol. The van der Waals surface area contributed by atoms with Crippen LogP contribution >= 0.6 is 0 Å². The second kappa shape index (κ2) is 15.3. The van der Waals surface area contributed by atoms with E-state index < -0.39 is 47.7 Å². The predicted molar refractivity (Wildman–Crippen MR) is 131 cm³/mol. The molecule has 0 spiro atoms. The molecule has 202 valence electrons. The van der Waals surface area contributed by atoms with Crippen LogP contribution in [0.25, 0.3) is 0 Å². The molecule has 0 saturated heterocycles. The van der Waals surface area contributed by atoms with Gasteiger partial charge in [-0.05, 0) is 44.3 Å². The van der Waals surface area contributed by atoms with Gasteiger partial charge in [0.15, 0.2) is 5.60 Å². The van der Waals surface area contributed by atoms with Crippen LogP contribution in [0.5, 0.6) is 0 Å². The number of carbonyl (C=O) groups excluding carboxylic acids is 2. The van der Waals surface area contributed by atoms with Crippen LogP contribution in [0.2, 0.25) is 0 Å². The monoisotopic (exact) mass is 509 g/mol. The Bertz CT molecular complexity index is 856. The number of hydrogen-bond acceptors (Lipinski definition) is 8. The molecule has 3 N–H and O–H groups in total. The van der Waals surface area contributed by atoms with E-state index in [1.54, 1.807) is 37.3 Å². The van der Waals surface area contributed by atoms with Crippen LogP contribution < -0.4 is 0 Å². The molecule has 0 aromatic heterocycles. The standard InChI is InChI=1S/C26H39NO9/c1-4-25(20-12-8-7-9-13-20,14-10-11-16-35-17-15-27(5-2)6-3)24(33)36-22(30)19-26(34,23(31)32)18-21(28)29/h7-9,12-13,34H,4-6,10-11,14-19H2,1-3H3,(H,28,29)(H,31,32). The van der Waals surface area contributed by atoms with E-state index in [1.807, 2.05) is 0 Å². The minimum Gasteiger partial charge on any atom is -0.481 e. The molecule has 10 nitrogen and oxygen atoms in total. The van der Waals surface area contributed by atoms with Gasteiger partial charge in [0.2, 0.25) is 0 Å². The predicted octanol–water partition coefficient (Wildman–Crippen LogP) is 2.61. The maximum atomic E-state index is 13.3. The number of nitrogens with zero attached hydrogens (tertiary/aromatic N) is 1. The highest BCUT2D eigenvalue weighted by Gasteiger charge is 2.45. The molecular formula is C26H39NO9.